The van der Waals surface area contributed by atoms with Gasteiger partial charge in [0.2, 0.25) is 0 Å². The number of aromatic nitrogens is 1. The monoisotopic (exact) mass is 395 g/mol. The van der Waals surface area contributed by atoms with E-state index in [0.29, 0.717) is 16.9 Å². The van der Waals surface area contributed by atoms with Crippen LogP contribution in [0.5, 0.6) is 0 Å². The van der Waals surface area contributed by atoms with E-state index in [2.05, 4.69) is 57.6 Å². The molecule has 3 nitrogen and oxygen atoms in total. The molecule has 2 heterocycles. The average molecular weight is 396 g/mol. The molecule has 0 aliphatic carbocycles. The van der Waals surface area contributed by atoms with Crippen LogP contribution in [-0.4, -0.2) is 16.5 Å². The lowest BCUT2D eigenvalue weighted by Crippen LogP contribution is -2.24. The summed E-state index contributed by atoms with van der Waals surface area (Å²) in [5, 5.41) is 9.36. The Morgan fingerprint density at radius 1 is 1.32 bits per heavy atom. The number of thiophene rings is 1. The van der Waals surface area contributed by atoms with E-state index in [1.807, 2.05) is 13.8 Å². The lowest BCUT2D eigenvalue weighted by atomic mass is 10.0. The Kier molecular flexibility index (Phi) is 5.56. The highest BCUT2D eigenvalue weighted by atomic mass is 79.9. The van der Waals surface area contributed by atoms with Gasteiger partial charge in [0.05, 0.1) is 16.0 Å². The summed E-state index contributed by atoms with van der Waals surface area (Å²) in [6, 6.07) is 6.44. The van der Waals surface area contributed by atoms with Gasteiger partial charge in [-0.3, -0.25) is 4.90 Å². The fourth-order valence-corrected chi connectivity index (χ4v) is 4.36. The zero-order valence-corrected chi connectivity index (χ0v) is 16.3. The smallest absolute Gasteiger partial charge is 0.125 e. The minimum absolute atomic E-state index is 0.616. The van der Waals surface area contributed by atoms with E-state index >= 15 is 0 Å². The van der Waals surface area contributed by atoms with Crippen LogP contribution in [0.3, 0.4) is 0 Å². The van der Waals surface area contributed by atoms with Crippen LogP contribution in [0.25, 0.3) is 0 Å². The minimum Gasteiger partial charge on any atom is -0.322 e. The number of rotatable bonds is 4. The third-order valence-electron chi connectivity index (χ3n) is 3.89. The van der Waals surface area contributed by atoms with Crippen molar-refractivity contribution < 1.29 is 0 Å². The van der Waals surface area contributed by atoms with Crippen molar-refractivity contribution in [2.45, 2.75) is 34.0 Å². The second-order valence-electron chi connectivity index (χ2n) is 5.42. The first-order valence-corrected chi connectivity index (χ1v) is 8.90. The van der Waals surface area contributed by atoms with Gasteiger partial charge in [-0.05, 0) is 67.0 Å². The number of nitriles is 1. The number of hydrogen-bond donors (Lipinski definition) is 0. The van der Waals surface area contributed by atoms with Crippen molar-refractivity contribution in [3.8, 4) is 6.07 Å². The van der Waals surface area contributed by atoms with Crippen LogP contribution in [0.4, 0.5) is 0 Å². The molecule has 2 aromatic rings. The minimum atomic E-state index is 0.616. The highest BCUT2D eigenvalue weighted by molar-refractivity contribution is 9.11. The maximum Gasteiger partial charge on any atom is 0.125 e. The summed E-state index contributed by atoms with van der Waals surface area (Å²) in [5.74, 6) is 0. The maximum atomic E-state index is 9.36. The Labute approximate surface area is 148 Å². The van der Waals surface area contributed by atoms with Gasteiger partial charge in [0.1, 0.15) is 10.7 Å². The molecule has 0 aliphatic rings. The number of pyridine rings is 1. The van der Waals surface area contributed by atoms with Crippen LogP contribution < -0.4 is 0 Å². The molecule has 0 unspecified atom stereocenters. The molecule has 0 aliphatic heterocycles. The second-order valence-corrected chi connectivity index (χ2v) is 8.35. The fourth-order valence-electron chi connectivity index (χ4n) is 2.41. The van der Waals surface area contributed by atoms with Crippen LogP contribution >= 0.6 is 39.5 Å². The molecule has 0 spiro atoms. The van der Waals surface area contributed by atoms with E-state index in [9.17, 15) is 5.26 Å². The van der Waals surface area contributed by atoms with Gasteiger partial charge in [-0.1, -0.05) is 12.2 Å². The molecule has 0 saturated heterocycles. The van der Waals surface area contributed by atoms with Gasteiger partial charge in [0.25, 0.3) is 0 Å². The first-order chi connectivity index (χ1) is 10.3. The second kappa shape index (κ2) is 7.05. The van der Waals surface area contributed by atoms with Gasteiger partial charge >= 0.3 is 0 Å². The molecule has 0 bridgehead atoms. The predicted molar refractivity (Wildman–Crippen MR) is 97.7 cm³/mol. The Morgan fingerprint density at radius 2 is 2.00 bits per heavy atom. The van der Waals surface area contributed by atoms with Crippen LogP contribution in [0.2, 0.25) is 0 Å². The van der Waals surface area contributed by atoms with Crippen molar-refractivity contribution in [1.82, 2.24) is 9.47 Å². The molecular weight excluding hydrogens is 378 g/mol. The Balaban J connectivity index is 2.31. The summed E-state index contributed by atoms with van der Waals surface area (Å²) in [6.45, 7) is 7.61. The first kappa shape index (κ1) is 17.4. The van der Waals surface area contributed by atoms with Gasteiger partial charge in [-0.15, -0.1) is 11.3 Å². The zero-order chi connectivity index (χ0) is 16.4. The highest BCUT2D eigenvalue weighted by Crippen LogP contribution is 2.24. The van der Waals surface area contributed by atoms with Crippen molar-refractivity contribution in [3.05, 3.63) is 47.8 Å². The van der Waals surface area contributed by atoms with Gasteiger partial charge in [0, 0.05) is 17.1 Å². The van der Waals surface area contributed by atoms with E-state index in [-0.39, 0.29) is 0 Å². The largest absolute Gasteiger partial charge is 0.322 e. The summed E-state index contributed by atoms with van der Waals surface area (Å²) in [6.07, 6.45) is 0. The van der Waals surface area contributed by atoms with Crippen molar-refractivity contribution >= 4 is 39.5 Å². The normalized spacial score (nSPS) is 11.0. The van der Waals surface area contributed by atoms with Crippen LogP contribution in [0.1, 0.15) is 27.3 Å². The molecule has 6 heteroatoms. The SMILES string of the molecule is Cc1c(C)c(C)n(CN(C)Cc2ccc(Br)s2)c(=S)c1C#N. The molecule has 0 N–H and O–H groups in total. The molecule has 22 heavy (non-hydrogen) atoms. The molecular formula is C16H18BrN3S2. The van der Waals surface area contributed by atoms with E-state index in [4.69, 9.17) is 12.2 Å². The van der Waals surface area contributed by atoms with Crippen molar-refractivity contribution in [1.29, 1.82) is 5.26 Å². The summed E-state index contributed by atoms with van der Waals surface area (Å²) < 4.78 is 3.82. The third kappa shape index (κ3) is 3.49. The van der Waals surface area contributed by atoms with E-state index in [0.717, 1.165) is 27.2 Å². The summed E-state index contributed by atoms with van der Waals surface area (Å²) in [5.41, 5.74) is 3.87. The molecule has 2 rings (SSSR count). The van der Waals surface area contributed by atoms with Gasteiger partial charge in [-0.25, -0.2) is 0 Å². The molecule has 116 valence electrons. The number of hydrogen-bond acceptors (Lipinski definition) is 4. The fraction of sp³-hybridized carbons (Fsp3) is 0.375. The Bertz CT molecular complexity index is 799. The molecule has 0 fully saturated rings. The van der Waals surface area contributed by atoms with Crippen LogP contribution in [-0.2, 0) is 13.2 Å². The molecule has 2 aromatic heterocycles. The standard InChI is InChI=1S/C16H18BrN3S2/c1-10-11(2)14(7-18)16(21)20(12(10)3)9-19(4)8-13-5-6-15(17)22-13/h5-6H,8-9H2,1-4H3. The molecule has 0 radical (unpaired) electrons. The Hall–Kier alpha value is -1.00. The van der Waals surface area contributed by atoms with E-state index < -0.39 is 0 Å². The summed E-state index contributed by atoms with van der Waals surface area (Å²) in [4.78, 5) is 3.50. The summed E-state index contributed by atoms with van der Waals surface area (Å²) >= 11 is 10.7. The van der Waals surface area contributed by atoms with E-state index in [1.54, 1.807) is 11.3 Å². The maximum absolute atomic E-state index is 9.36. The predicted octanol–water partition coefficient (Wildman–Crippen LogP) is 4.93. The highest BCUT2D eigenvalue weighted by Gasteiger charge is 2.13. The van der Waals surface area contributed by atoms with Gasteiger partial charge in [-0.2, -0.15) is 5.26 Å². The van der Waals surface area contributed by atoms with Crippen molar-refractivity contribution in [2.24, 2.45) is 0 Å². The molecule has 0 saturated carbocycles. The number of nitrogens with zero attached hydrogens (tertiary/aromatic N) is 3. The van der Waals surface area contributed by atoms with Gasteiger partial charge in [0.15, 0.2) is 0 Å². The number of halogens is 1. The van der Waals surface area contributed by atoms with Gasteiger partial charge < -0.3 is 4.57 Å². The average Bonchev–Trinajstić information content (AvgIpc) is 2.87. The molecule has 0 atom stereocenters. The van der Waals surface area contributed by atoms with Crippen LogP contribution in [0, 0.1) is 36.7 Å². The van der Waals surface area contributed by atoms with Crippen LogP contribution in [0.15, 0.2) is 15.9 Å². The quantitative estimate of drug-likeness (QED) is 0.687. The first-order valence-electron chi connectivity index (χ1n) is 6.88. The lowest BCUT2D eigenvalue weighted by molar-refractivity contribution is 0.257. The topological polar surface area (TPSA) is 32.0 Å². The van der Waals surface area contributed by atoms with E-state index in [1.165, 1.54) is 4.88 Å². The third-order valence-corrected chi connectivity index (χ3v) is 5.93. The zero-order valence-electron chi connectivity index (χ0n) is 13.1. The Morgan fingerprint density at radius 3 is 2.55 bits per heavy atom. The molecule has 0 amide bonds. The van der Waals surface area contributed by atoms with Crippen molar-refractivity contribution in [3.63, 3.8) is 0 Å². The molecule has 0 aromatic carbocycles. The lowest BCUT2D eigenvalue weighted by Gasteiger charge is -2.22. The van der Waals surface area contributed by atoms with Crippen molar-refractivity contribution in [2.75, 3.05) is 7.05 Å². The summed E-state index contributed by atoms with van der Waals surface area (Å²) in [7, 11) is 2.07.